The summed E-state index contributed by atoms with van der Waals surface area (Å²) < 4.78 is 0. The van der Waals surface area contributed by atoms with E-state index in [1.54, 1.807) is 17.5 Å². The topological polar surface area (TPSA) is 75.1 Å². The average Bonchev–Trinajstić information content (AvgIpc) is 2.96. The minimum Gasteiger partial charge on any atom is -0.481 e. The van der Waals surface area contributed by atoms with E-state index in [-0.39, 0.29) is 0 Å². The molecule has 1 aliphatic rings. The van der Waals surface area contributed by atoms with Gasteiger partial charge < -0.3 is 10.4 Å². The number of fused-ring (bicyclic) bond motifs is 1. The molecule has 0 saturated carbocycles. The number of nitrogens with zero attached hydrogens (tertiary/aromatic N) is 2. The molecule has 0 aromatic carbocycles. The summed E-state index contributed by atoms with van der Waals surface area (Å²) in [6, 6.07) is 5.75. The zero-order valence-corrected chi connectivity index (χ0v) is 11.0. The molecule has 0 saturated heterocycles. The molecule has 1 unspecified atom stereocenters. The Bertz CT molecular complexity index is 597. The van der Waals surface area contributed by atoms with Crippen LogP contribution in [0.2, 0.25) is 0 Å². The molecular formula is C13H13N3O2S. The van der Waals surface area contributed by atoms with Gasteiger partial charge in [0, 0.05) is 11.1 Å². The Kier molecular flexibility index (Phi) is 3.16. The largest absolute Gasteiger partial charge is 0.481 e. The maximum Gasteiger partial charge on any atom is 0.312 e. The van der Waals surface area contributed by atoms with Crippen molar-refractivity contribution in [3.63, 3.8) is 0 Å². The third-order valence-electron chi connectivity index (χ3n) is 3.16. The predicted octanol–water partition coefficient (Wildman–Crippen LogP) is 2.26. The second-order valence-electron chi connectivity index (χ2n) is 4.43. The number of rotatable bonds is 4. The van der Waals surface area contributed by atoms with E-state index in [1.807, 2.05) is 18.2 Å². The number of carboxylic acid groups (broad SMARTS) is 1. The normalized spacial score (nSPS) is 17.2. The number of carbonyl (C=O) groups is 1. The number of hydrogen-bond acceptors (Lipinski definition) is 5. The smallest absolute Gasteiger partial charge is 0.312 e. The first kappa shape index (κ1) is 12.1. The van der Waals surface area contributed by atoms with Crippen molar-refractivity contribution in [2.24, 2.45) is 0 Å². The van der Waals surface area contributed by atoms with Crippen LogP contribution in [0.4, 0.5) is 5.13 Å². The molecule has 19 heavy (non-hydrogen) atoms. The maximum absolute atomic E-state index is 11.1. The molecule has 2 heterocycles. The third-order valence-corrected chi connectivity index (χ3v) is 4.25. The van der Waals surface area contributed by atoms with E-state index in [0.717, 1.165) is 27.8 Å². The van der Waals surface area contributed by atoms with Crippen molar-refractivity contribution in [2.75, 3.05) is 5.32 Å². The highest BCUT2D eigenvalue weighted by Crippen LogP contribution is 2.38. The first-order chi connectivity index (χ1) is 9.24. The van der Waals surface area contributed by atoms with Gasteiger partial charge in [0.1, 0.15) is 5.92 Å². The van der Waals surface area contributed by atoms with Gasteiger partial charge in [0.25, 0.3) is 0 Å². The fourth-order valence-electron chi connectivity index (χ4n) is 2.21. The summed E-state index contributed by atoms with van der Waals surface area (Å²) in [6.07, 6.45) is 3.23. The Morgan fingerprint density at radius 1 is 1.53 bits per heavy atom. The van der Waals surface area contributed by atoms with Gasteiger partial charge in [-0.1, -0.05) is 6.07 Å². The minimum atomic E-state index is -0.777. The fourth-order valence-corrected chi connectivity index (χ4v) is 3.25. The van der Waals surface area contributed by atoms with Crippen LogP contribution in [0.1, 0.15) is 28.6 Å². The Morgan fingerprint density at radius 3 is 3.16 bits per heavy atom. The van der Waals surface area contributed by atoms with Gasteiger partial charge in [0.2, 0.25) is 0 Å². The van der Waals surface area contributed by atoms with Crippen molar-refractivity contribution in [1.29, 1.82) is 0 Å². The lowest BCUT2D eigenvalue weighted by Gasteiger charge is -2.03. The quantitative estimate of drug-likeness (QED) is 0.895. The maximum atomic E-state index is 11.1. The van der Waals surface area contributed by atoms with Gasteiger partial charge in [-0.3, -0.25) is 9.78 Å². The molecule has 6 heteroatoms. The van der Waals surface area contributed by atoms with Crippen molar-refractivity contribution in [3.05, 3.63) is 40.7 Å². The van der Waals surface area contributed by atoms with Gasteiger partial charge in [-0.15, -0.1) is 11.3 Å². The molecule has 1 aliphatic carbocycles. The highest BCUT2D eigenvalue weighted by atomic mass is 32.1. The number of carboxylic acids is 1. The summed E-state index contributed by atoms with van der Waals surface area (Å²) in [7, 11) is 0. The summed E-state index contributed by atoms with van der Waals surface area (Å²) in [5.41, 5.74) is 1.67. The van der Waals surface area contributed by atoms with Gasteiger partial charge in [-0.05, 0) is 25.0 Å². The summed E-state index contributed by atoms with van der Waals surface area (Å²) in [6.45, 7) is 0.602. The molecule has 1 atom stereocenters. The molecule has 5 nitrogen and oxygen atoms in total. The molecule has 2 aromatic rings. The Morgan fingerprint density at radius 2 is 2.42 bits per heavy atom. The first-order valence-electron chi connectivity index (χ1n) is 6.10. The van der Waals surface area contributed by atoms with E-state index < -0.39 is 11.9 Å². The zero-order valence-electron chi connectivity index (χ0n) is 10.2. The number of nitrogens with one attached hydrogen (secondary N) is 1. The monoisotopic (exact) mass is 275 g/mol. The molecule has 3 rings (SSSR count). The number of aliphatic carboxylic acids is 1. The molecule has 2 aromatic heterocycles. The van der Waals surface area contributed by atoms with Crippen molar-refractivity contribution in [2.45, 2.75) is 25.3 Å². The van der Waals surface area contributed by atoms with Crippen molar-refractivity contribution < 1.29 is 9.90 Å². The fraction of sp³-hybridized carbons (Fsp3) is 0.308. The molecule has 0 aliphatic heterocycles. The number of anilines is 1. The van der Waals surface area contributed by atoms with Gasteiger partial charge >= 0.3 is 5.97 Å². The van der Waals surface area contributed by atoms with E-state index in [1.165, 1.54) is 0 Å². The van der Waals surface area contributed by atoms with E-state index in [0.29, 0.717) is 13.0 Å². The van der Waals surface area contributed by atoms with Crippen LogP contribution >= 0.6 is 11.3 Å². The summed E-state index contributed by atoms with van der Waals surface area (Å²) >= 11 is 1.55. The Hall–Kier alpha value is -1.95. The SMILES string of the molecule is O=C(O)C1CCc2sc(NCc3ccccn3)nc21. The number of hydrogen-bond donors (Lipinski definition) is 2. The van der Waals surface area contributed by atoms with Gasteiger partial charge in [-0.25, -0.2) is 4.98 Å². The van der Waals surface area contributed by atoms with Crippen LogP contribution in [-0.4, -0.2) is 21.0 Å². The lowest BCUT2D eigenvalue weighted by molar-refractivity contribution is -0.138. The molecule has 98 valence electrons. The predicted molar refractivity (Wildman–Crippen MR) is 72.4 cm³/mol. The van der Waals surface area contributed by atoms with Crippen LogP contribution in [-0.2, 0) is 17.8 Å². The van der Waals surface area contributed by atoms with Crippen LogP contribution in [0.25, 0.3) is 0 Å². The van der Waals surface area contributed by atoms with Crippen molar-refractivity contribution >= 4 is 22.4 Å². The third kappa shape index (κ3) is 2.44. The van der Waals surface area contributed by atoms with Crippen molar-refractivity contribution in [1.82, 2.24) is 9.97 Å². The van der Waals surface area contributed by atoms with Crippen LogP contribution in [0.5, 0.6) is 0 Å². The number of aromatic nitrogens is 2. The van der Waals surface area contributed by atoms with Crippen LogP contribution in [0.15, 0.2) is 24.4 Å². The highest BCUT2D eigenvalue weighted by Gasteiger charge is 2.32. The van der Waals surface area contributed by atoms with E-state index in [2.05, 4.69) is 15.3 Å². The summed E-state index contributed by atoms with van der Waals surface area (Å²) in [5, 5.41) is 13.1. The summed E-state index contributed by atoms with van der Waals surface area (Å²) in [4.78, 5) is 20.8. The molecule has 2 N–H and O–H groups in total. The van der Waals surface area contributed by atoms with E-state index in [9.17, 15) is 4.79 Å². The second-order valence-corrected chi connectivity index (χ2v) is 5.52. The highest BCUT2D eigenvalue weighted by molar-refractivity contribution is 7.15. The van der Waals surface area contributed by atoms with Gasteiger partial charge in [0.05, 0.1) is 17.9 Å². The average molecular weight is 275 g/mol. The van der Waals surface area contributed by atoms with Crippen LogP contribution < -0.4 is 5.32 Å². The molecule has 0 bridgehead atoms. The lowest BCUT2D eigenvalue weighted by atomic mass is 10.1. The molecule has 0 radical (unpaired) electrons. The van der Waals surface area contributed by atoms with Crippen LogP contribution in [0.3, 0.4) is 0 Å². The molecular weight excluding hydrogens is 262 g/mol. The standard InChI is InChI=1S/C13H13N3O2S/c17-12(18)9-4-5-10-11(9)16-13(19-10)15-7-8-3-1-2-6-14-8/h1-3,6,9H,4-5,7H2,(H,15,16)(H,17,18). The minimum absolute atomic E-state index is 0.434. The molecule has 0 spiro atoms. The number of aryl methyl sites for hydroxylation is 1. The molecule has 0 fully saturated rings. The van der Waals surface area contributed by atoms with E-state index in [4.69, 9.17) is 5.11 Å². The van der Waals surface area contributed by atoms with E-state index >= 15 is 0 Å². The van der Waals surface area contributed by atoms with Crippen molar-refractivity contribution in [3.8, 4) is 0 Å². The van der Waals surface area contributed by atoms with Gasteiger partial charge in [-0.2, -0.15) is 0 Å². The summed E-state index contributed by atoms with van der Waals surface area (Å²) in [5.74, 6) is -1.21. The Labute approximate surface area is 114 Å². The zero-order chi connectivity index (χ0) is 13.2. The molecule has 0 amide bonds. The van der Waals surface area contributed by atoms with Crippen LogP contribution in [0, 0.1) is 0 Å². The Balaban J connectivity index is 1.71. The lowest BCUT2D eigenvalue weighted by Crippen LogP contribution is -2.09. The van der Waals surface area contributed by atoms with Gasteiger partial charge in [0.15, 0.2) is 5.13 Å². The number of pyridine rings is 1. The number of thiazole rings is 1. The first-order valence-corrected chi connectivity index (χ1v) is 6.92. The second kappa shape index (κ2) is 4.97.